The molecule has 46 heavy (non-hydrogen) atoms. The van der Waals surface area contributed by atoms with Crippen LogP contribution in [0.4, 0.5) is 0 Å². The zero-order valence-corrected chi connectivity index (χ0v) is 32.7. The highest BCUT2D eigenvalue weighted by Gasteiger charge is 2.01. The highest BCUT2D eigenvalue weighted by Crippen LogP contribution is 2.14. The number of hydrogen-bond donors (Lipinski definition) is 3. The van der Waals surface area contributed by atoms with E-state index in [9.17, 15) is 14.7 Å². The highest BCUT2D eigenvalue weighted by molar-refractivity contribution is 5.75. The van der Waals surface area contributed by atoms with Crippen LogP contribution in [0.3, 0.4) is 0 Å². The van der Waals surface area contributed by atoms with Gasteiger partial charge in [-0.05, 0) is 19.3 Å². The third kappa shape index (κ3) is 52.7. The van der Waals surface area contributed by atoms with E-state index in [0.29, 0.717) is 6.42 Å². The first kappa shape index (κ1) is 52.0. The zero-order valence-electron chi connectivity index (χ0n) is 31.9. The number of carbonyl (C=O) groups is 2. The molecule has 0 heterocycles. The molecule has 0 atom stereocenters. The highest BCUT2D eigenvalue weighted by atomic mass is 35.5. The number of hydrogen-bond acceptors (Lipinski definition) is 3. The van der Waals surface area contributed by atoms with Crippen LogP contribution in [0.5, 0.6) is 0 Å². The summed E-state index contributed by atoms with van der Waals surface area (Å²) >= 11 is 0. The van der Waals surface area contributed by atoms with E-state index in [1.807, 2.05) is 0 Å². The van der Waals surface area contributed by atoms with Crippen LogP contribution in [-0.4, -0.2) is 39.1 Å². The number of unbranched alkanes of at least 4 members (excludes halogenated alkanes) is 26. The van der Waals surface area contributed by atoms with E-state index in [1.165, 1.54) is 165 Å². The quantitative estimate of drug-likeness (QED) is 0.0677. The third-order valence-corrected chi connectivity index (χ3v) is 8.67. The average Bonchev–Trinajstić information content (AvgIpc) is 2.99. The molecule has 6 N–H and O–H groups in total. The molecule has 0 fully saturated rings. The number of rotatable bonds is 34. The molecule has 280 valence electrons. The molecule has 0 aliphatic carbocycles. The Morgan fingerprint density at radius 1 is 0.478 bits per heavy atom. The average molecular weight is 679 g/mol. The van der Waals surface area contributed by atoms with Crippen molar-refractivity contribution >= 4 is 11.9 Å². The molecule has 7 heteroatoms. The van der Waals surface area contributed by atoms with E-state index < -0.39 is 5.97 Å². The first-order chi connectivity index (χ1) is 21.4. The largest absolute Gasteiger partial charge is 1.00 e. The van der Waals surface area contributed by atoms with Gasteiger partial charge in [0.2, 0.25) is 5.91 Å². The maximum Gasteiger partial charge on any atom is 0.219 e. The molecule has 0 aliphatic heterocycles. The Labute approximate surface area is 294 Å². The summed E-state index contributed by atoms with van der Waals surface area (Å²) in [6, 6.07) is 0. The van der Waals surface area contributed by atoms with Crippen LogP contribution in [0.25, 0.3) is 0 Å². The smallest absolute Gasteiger partial charge is 0.219 e. The molecule has 0 aromatic rings. The lowest BCUT2D eigenvalue weighted by Gasteiger charge is -2.08. The minimum absolute atomic E-state index is 0. The normalized spacial score (nSPS) is 10.5. The van der Waals surface area contributed by atoms with Crippen molar-refractivity contribution in [2.45, 2.75) is 213 Å². The number of carboxylic acids is 1. The topological polar surface area (TPSA) is 110 Å². The lowest BCUT2D eigenvalue weighted by molar-refractivity contribution is -0.858. The molecule has 0 aliphatic rings. The Morgan fingerprint density at radius 3 is 1.04 bits per heavy atom. The third-order valence-electron chi connectivity index (χ3n) is 8.67. The lowest BCUT2D eigenvalue weighted by Crippen LogP contribution is -3.05. The molecule has 0 rings (SSSR count). The van der Waals surface area contributed by atoms with Crippen molar-refractivity contribution in [3.63, 3.8) is 0 Å². The van der Waals surface area contributed by atoms with Gasteiger partial charge in [-0.2, -0.15) is 0 Å². The maximum atomic E-state index is 11.7. The number of carbonyl (C=O) groups excluding carboxylic acids is 2. The molecular weight excluding hydrogens is 594 g/mol. The Morgan fingerprint density at radius 2 is 0.761 bits per heavy atom. The van der Waals surface area contributed by atoms with Gasteiger partial charge in [-0.3, -0.25) is 4.79 Å². The molecule has 0 unspecified atom stereocenters. The summed E-state index contributed by atoms with van der Waals surface area (Å²) in [5.41, 5.74) is 0. The number of quaternary nitrogens is 2. The van der Waals surface area contributed by atoms with E-state index in [0.717, 1.165) is 38.8 Å². The molecule has 0 saturated heterocycles. The Balaban J connectivity index is -0.000000390. The van der Waals surface area contributed by atoms with Crippen LogP contribution in [0.2, 0.25) is 0 Å². The summed E-state index contributed by atoms with van der Waals surface area (Å²) in [6.07, 6.45) is 39.3. The Bertz CT molecular complexity index is 579. The van der Waals surface area contributed by atoms with Gasteiger partial charge in [0.1, 0.15) is 0 Å². The van der Waals surface area contributed by atoms with Gasteiger partial charge < -0.3 is 38.7 Å². The minimum atomic E-state index is -0.905. The van der Waals surface area contributed by atoms with Crippen LogP contribution >= 0.6 is 0 Å². The van der Waals surface area contributed by atoms with E-state index in [-0.39, 0.29) is 30.9 Å². The molecule has 1 amide bonds. The molecule has 0 spiro atoms. The van der Waals surface area contributed by atoms with Crippen LogP contribution in [0.1, 0.15) is 213 Å². The first-order valence-electron chi connectivity index (χ1n) is 19.7. The molecule has 0 aromatic heterocycles. The number of aliphatic carboxylic acids is 1. The molecular formula is C39H84ClN3O3. The lowest BCUT2D eigenvalue weighted by atomic mass is 10.0. The first-order valence-corrected chi connectivity index (χ1v) is 19.7. The van der Waals surface area contributed by atoms with Gasteiger partial charge in [-0.25, -0.2) is 0 Å². The van der Waals surface area contributed by atoms with Gasteiger partial charge in [0.05, 0.1) is 20.6 Å². The second-order valence-electron chi connectivity index (χ2n) is 13.7. The van der Waals surface area contributed by atoms with E-state index >= 15 is 0 Å². The van der Waals surface area contributed by atoms with Crippen molar-refractivity contribution in [2.24, 2.45) is 0 Å². The maximum absolute atomic E-state index is 11.7. The van der Waals surface area contributed by atoms with E-state index in [1.54, 1.807) is 0 Å². The zero-order chi connectivity index (χ0) is 32.8. The van der Waals surface area contributed by atoms with Gasteiger partial charge in [-0.1, -0.05) is 181 Å². The van der Waals surface area contributed by atoms with Crippen LogP contribution in [0.15, 0.2) is 0 Å². The summed E-state index contributed by atoms with van der Waals surface area (Å²) in [6.45, 7) is 6.50. The fraction of sp³-hybridized carbons (Fsp3) is 0.949. The van der Waals surface area contributed by atoms with Gasteiger partial charge in [0, 0.05) is 25.4 Å². The Hall–Kier alpha value is -0.850. The predicted molar refractivity (Wildman–Crippen MR) is 196 cm³/mol. The summed E-state index contributed by atoms with van der Waals surface area (Å²) in [4.78, 5) is 23.3. The summed E-state index contributed by atoms with van der Waals surface area (Å²) in [5, 5.41) is 13.2. The number of amides is 1. The molecule has 6 nitrogen and oxygen atoms in total. The van der Waals surface area contributed by atoms with Gasteiger partial charge in [-0.15, -0.1) is 0 Å². The van der Waals surface area contributed by atoms with Crippen LogP contribution in [0, 0.1) is 0 Å². The van der Waals surface area contributed by atoms with Crippen molar-refractivity contribution in [2.75, 3.05) is 27.2 Å². The van der Waals surface area contributed by atoms with Crippen molar-refractivity contribution in [1.82, 2.24) is 11.5 Å². The molecule has 0 radical (unpaired) electrons. The summed E-state index contributed by atoms with van der Waals surface area (Å²) < 4.78 is 0. The predicted octanol–water partition coefficient (Wildman–Crippen LogP) is 6.50. The summed E-state index contributed by atoms with van der Waals surface area (Å²) in [7, 11) is 4.30. The van der Waals surface area contributed by atoms with Crippen molar-refractivity contribution in [3.05, 3.63) is 0 Å². The monoisotopic (exact) mass is 678 g/mol. The molecule has 0 bridgehead atoms. The van der Waals surface area contributed by atoms with E-state index in [4.69, 9.17) is 0 Å². The Kier molecular flexibility index (Phi) is 52.3. The standard InChI is InChI=1S/C23H48N2O.C16H32O2.ClH.H3N/c1-4-5-6-7-8-9-10-11-12-13-14-15-16-17-18-20-23(26)24-21-19-22-25(2)3;1-2-3-4-5-6-7-8-9-10-11-12-13-14-15-16(17)18;;/h4-22H2,1-3H3,(H,24,26);2-15H2,1H3,(H,17,18);1H;1H3. The van der Waals surface area contributed by atoms with Gasteiger partial charge in [0.25, 0.3) is 0 Å². The molecule has 0 aromatic carbocycles. The van der Waals surface area contributed by atoms with E-state index in [2.05, 4.69) is 33.3 Å². The van der Waals surface area contributed by atoms with Crippen molar-refractivity contribution < 1.29 is 32.0 Å². The fourth-order valence-corrected chi connectivity index (χ4v) is 5.70. The second kappa shape index (κ2) is 46.3. The SMILES string of the molecule is CCCCCCCCCCCCCCCC(=O)[O-].CCCCCCCCCCCCCCCCCC(=O)NCCC[NH+](C)C.[Cl-].[NH4+]. The molecule has 0 saturated carbocycles. The fourth-order valence-electron chi connectivity index (χ4n) is 5.70. The number of nitrogens with one attached hydrogen (secondary N) is 2. The minimum Gasteiger partial charge on any atom is -1.00 e. The number of carboxylic acid groups (broad SMARTS) is 1. The van der Waals surface area contributed by atoms with Crippen molar-refractivity contribution in [3.8, 4) is 0 Å². The van der Waals surface area contributed by atoms with Gasteiger partial charge in [0.15, 0.2) is 0 Å². The van der Waals surface area contributed by atoms with Crippen LogP contribution < -0.4 is 33.9 Å². The van der Waals surface area contributed by atoms with Crippen molar-refractivity contribution in [1.29, 1.82) is 0 Å². The number of halogens is 1. The van der Waals surface area contributed by atoms with Crippen LogP contribution in [-0.2, 0) is 9.59 Å². The summed E-state index contributed by atoms with van der Waals surface area (Å²) in [5.74, 6) is -0.661. The second-order valence-corrected chi connectivity index (χ2v) is 13.7. The van der Waals surface area contributed by atoms with Gasteiger partial charge >= 0.3 is 0 Å².